The number of unbranched alkanes of at least 4 members (excludes halogenated alkanes) is 2. The quantitative estimate of drug-likeness (QED) is 0.717. The smallest absolute Gasteiger partial charge is 0.231 e. The Balaban J connectivity index is 2.14. The number of rotatable bonds is 8. The molecule has 3 N–H and O–H groups in total. The van der Waals surface area contributed by atoms with E-state index in [0.717, 1.165) is 12.0 Å². The van der Waals surface area contributed by atoms with E-state index < -0.39 is 0 Å². The van der Waals surface area contributed by atoms with Crippen molar-refractivity contribution in [2.75, 3.05) is 4.90 Å². The van der Waals surface area contributed by atoms with E-state index in [-0.39, 0.29) is 17.6 Å². The van der Waals surface area contributed by atoms with Crippen LogP contribution in [0.15, 0.2) is 48.5 Å². The van der Waals surface area contributed by atoms with Crippen LogP contribution in [0, 0.1) is 6.92 Å². The first-order valence-corrected chi connectivity index (χ1v) is 8.45. The summed E-state index contributed by atoms with van der Waals surface area (Å²) in [5, 5.41) is 10.2. The molecule has 0 saturated carbocycles. The summed E-state index contributed by atoms with van der Waals surface area (Å²) in [5.41, 5.74) is 7.40. The monoisotopic (exact) mass is 340 g/mol. The van der Waals surface area contributed by atoms with Gasteiger partial charge in [-0.15, -0.1) is 0 Å². The molecule has 2 aromatic rings. The van der Waals surface area contributed by atoms with E-state index >= 15 is 0 Å². The van der Waals surface area contributed by atoms with E-state index in [9.17, 15) is 14.7 Å². The molecule has 5 heteroatoms. The molecule has 25 heavy (non-hydrogen) atoms. The normalized spacial score (nSPS) is 10.4. The lowest BCUT2D eigenvalue weighted by molar-refractivity contribution is -0.118. The molecule has 5 nitrogen and oxygen atoms in total. The summed E-state index contributed by atoms with van der Waals surface area (Å²) in [6.07, 6.45) is 2.79. The molecule has 0 atom stereocenters. The number of phenols is 1. The van der Waals surface area contributed by atoms with Crippen molar-refractivity contribution in [1.29, 1.82) is 0 Å². The number of primary amides is 1. The highest BCUT2D eigenvalue weighted by Gasteiger charge is 2.20. The lowest BCUT2D eigenvalue weighted by atomic mass is 10.1. The van der Waals surface area contributed by atoms with Gasteiger partial charge in [0.05, 0.1) is 5.69 Å². The zero-order valence-corrected chi connectivity index (χ0v) is 14.4. The topological polar surface area (TPSA) is 83.6 Å². The Bertz CT molecular complexity index is 726. The predicted octanol–water partition coefficient (Wildman–Crippen LogP) is 3.80. The fourth-order valence-corrected chi connectivity index (χ4v) is 2.63. The number of hydrogen-bond acceptors (Lipinski definition) is 3. The lowest BCUT2D eigenvalue weighted by Crippen LogP contribution is -2.25. The van der Waals surface area contributed by atoms with Crippen LogP contribution in [-0.2, 0) is 9.59 Å². The van der Waals surface area contributed by atoms with Crippen molar-refractivity contribution < 1.29 is 14.7 Å². The van der Waals surface area contributed by atoms with Crippen LogP contribution in [0.3, 0.4) is 0 Å². The van der Waals surface area contributed by atoms with E-state index in [0.29, 0.717) is 37.1 Å². The minimum Gasteiger partial charge on any atom is -0.506 e. The number of carbonyl (C=O) groups is 2. The molecule has 0 spiro atoms. The van der Waals surface area contributed by atoms with E-state index in [4.69, 9.17) is 5.73 Å². The summed E-state index contributed by atoms with van der Waals surface area (Å²) in [4.78, 5) is 25.1. The summed E-state index contributed by atoms with van der Waals surface area (Å²) >= 11 is 0. The van der Waals surface area contributed by atoms with Crippen LogP contribution in [0.25, 0.3) is 0 Å². The summed E-state index contributed by atoms with van der Waals surface area (Å²) in [7, 11) is 0. The molecule has 0 unspecified atom stereocenters. The summed E-state index contributed by atoms with van der Waals surface area (Å²) in [6.45, 7) is 1.98. The van der Waals surface area contributed by atoms with Gasteiger partial charge in [-0.3, -0.25) is 14.5 Å². The number of carbonyl (C=O) groups excluding carboxylic acids is 2. The number of nitrogens with two attached hydrogens (primary N) is 1. The van der Waals surface area contributed by atoms with Gasteiger partial charge in [0.25, 0.3) is 0 Å². The molecule has 0 bridgehead atoms. The van der Waals surface area contributed by atoms with Gasteiger partial charge in [0, 0.05) is 18.5 Å². The summed E-state index contributed by atoms with van der Waals surface area (Å²) in [5.74, 6) is -0.351. The van der Waals surface area contributed by atoms with Crippen LogP contribution in [0.1, 0.15) is 37.7 Å². The summed E-state index contributed by atoms with van der Waals surface area (Å²) < 4.78 is 0. The molecule has 2 amide bonds. The molecule has 0 aromatic heterocycles. The minimum atomic E-state index is -0.318. The maximum absolute atomic E-state index is 12.8. The van der Waals surface area contributed by atoms with Crippen molar-refractivity contribution in [3.63, 3.8) is 0 Å². The number of aryl methyl sites for hydroxylation is 1. The second-order valence-electron chi connectivity index (χ2n) is 6.08. The third-order valence-corrected chi connectivity index (χ3v) is 3.98. The first-order valence-electron chi connectivity index (χ1n) is 8.45. The SMILES string of the molecule is Cc1ccc(N(C(=O)CCCCCC(N)=O)c2ccccc2O)cc1. The zero-order chi connectivity index (χ0) is 18.2. The fourth-order valence-electron chi connectivity index (χ4n) is 2.63. The molecule has 132 valence electrons. The Morgan fingerprint density at radius 3 is 2.24 bits per heavy atom. The third kappa shape index (κ3) is 5.35. The van der Waals surface area contributed by atoms with Gasteiger partial charge < -0.3 is 10.8 Å². The first-order chi connectivity index (χ1) is 12.0. The van der Waals surface area contributed by atoms with Crippen molar-refractivity contribution in [2.45, 2.75) is 39.0 Å². The van der Waals surface area contributed by atoms with Crippen LogP contribution in [0.2, 0.25) is 0 Å². The maximum atomic E-state index is 12.8. The highest BCUT2D eigenvalue weighted by Crippen LogP contribution is 2.33. The van der Waals surface area contributed by atoms with Gasteiger partial charge in [0.1, 0.15) is 5.75 Å². The summed E-state index contributed by atoms with van der Waals surface area (Å²) in [6, 6.07) is 14.4. The largest absolute Gasteiger partial charge is 0.506 e. The number of aromatic hydroxyl groups is 1. The predicted molar refractivity (Wildman–Crippen MR) is 98.7 cm³/mol. The average molecular weight is 340 g/mol. The minimum absolute atomic E-state index is 0.0603. The van der Waals surface area contributed by atoms with Crippen LogP contribution in [-0.4, -0.2) is 16.9 Å². The van der Waals surface area contributed by atoms with E-state index in [1.54, 1.807) is 29.2 Å². The average Bonchev–Trinajstić information content (AvgIpc) is 2.58. The Labute approximate surface area is 148 Å². The number of phenolic OH excluding ortho intramolecular Hbond substituents is 1. The molecule has 2 rings (SSSR count). The van der Waals surface area contributed by atoms with Crippen molar-refractivity contribution in [3.05, 3.63) is 54.1 Å². The standard InChI is InChI=1S/C20H24N2O3/c1-15-11-13-16(14-12-15)22(17-7-5-6-8-18(17)23)20(25)10-4-2-3-9-19(21)24/h5-8,11-14,23H,2-4,9-10H2,1H3,(H2,21,24). The number of anilines is 2. The Kier molecular flexibility index (Phi) is 6.57. The van der Waals surface area contributed by atoms with Gasteiger partial charge in [-0.05, 0) is 44.0 Å². The molecular weight excluding hydrogens is 316 g/mol. The number of nitrogens with zero attached hydrogens (tertiary/aromatic N) is 1. The van der Waals surface area contributed by atoms with E-state index in [1.807, 2.05) is 31.2 Å². The van der Waals surface area contributed by atoms with Crippen LogP contribution in [0.4, 0.5) is 11.4 Å². The third-order valence-electron chi connectivity index (χ3n) is 3.98. The Morgan fingerprint density at radius 1 is 0.960 bits per heavy atom. The van der Waals surface area contributed by atoms with Crippen molar-refractivity contribution in [2.24, 2.45) is 5.73 Å². The van der Waals surface area contributed by atoms with Gasteiger partial charge in [0.2, 0.25) is 11.8 Å². The number of benzene rings is 2. The number of para-hydroxylation sites is 2. The van der Waals surface area contributed by atoms with E-state index in [1.165, 1.54) is 0 Å². The lowest BCUT2D eigenvalue weighted by Gasteiger charge is -2.24. The highest BCUT2D eigenvalue weighted by molar-refractivity contribution is 6.01. The molecule has 0 heterocycles. The maximum Gasteiger partial charge on any atom is 0.231 e. The molecule has 2 aromatic carbocycles. The van der Waals surface area contributed by atoms with Crippen molar-refractivity contribution >= 4 is 23.2 Å². The van der Waals surface area contributed by atoms with Crippen LogP contribution < -0.4 is 10.6 Å². The van der Waals surface area contributed by atoms with Crippen molar-refractivity contribution in [1.82, 2.24) is 0 Å². The van der Waals surface area contributed by atoms with Crippen LogP contribution >= 0.6 is 0 Å². The molecule has 0 aliphatic heterocycles. The van der Waals surface area contributed by atoms with Gasteiger partial charge >= 0.3 is 0 Å². The molecule has 0 fully saturated rings. The first kappa shape index (κ1) is 18.5. The molecule has 0 saturated heterocycles. The Hall–Kier alpha value is -2.82. The molecule has 0 radical (unpaired) electrons. The van der Waals surface area contributed by atoms with Gasteiger partial charge in [0.15, 0.2) is 0 Å². The second-order valence-corrected chi connectivity index (χ2v) is 6.08. The molecular formula is C20H24N2O3. The second kappa shape index (κ2) is 8.87. The van der Waals surface area contributed by atoms with Gasteiger partial charge in [-0.2, -0.15) is 0 Å². The molecule has 0 aliphatic rings. The van der Waals surface area contributed by atoms with Gasteiger partial charge in [-0.25, -0.2) is 0 Å². The Morgan fingerprint density at radius 2 is 1.60 bits per heavy atom. The number of amides is 2. The fraction of sp³-hybridized carbons (Fsp3) is 0.300. The van der Waals surface area contributed by atoms with Crippen molar-refractivity contribution in [3.8, 4) is 5.75 Å². The zero-order valence-electron chi connectivity index (χ0n) is 14.4. The molecule has 0 aliphatic carbocycles. The van der Waals surface area contributed by atoms with Gasteiger partial charge in [-0.1, -0.05) is 36.2 Å². The van der Waals surface area contributed by atoms with Crippen LogP contribution in [0.5, 0.6) is 5.75 Å². The van der Waals surface area contributed by atoms with E-state index in [2.05, 4.69) is 0 Å². The number of hydrogen-bond donors (Lipinski definition) is 2. The highest BCUT2D eigenvalue weighted by atomic mass is 16.3.